The summed E-state index contributed by atoms with van der Waals surface area (Å²) in [5.41, 5.74) is 0.846. The van der Waals surface area contributed by atoms with Gasteiger partial charge in [-0.2, -0.15) is 0 Å². The molecule has 0 saturated heterocycles. The highest BCUT2D eigenvalue weighted by atomic mass is 16.4. The second-order valence-electron chi connectivity index (χ2n) is 4.00. The minimum absolute atomic E-state index is 0.0329. The van der Waals surface area contributed by atoms with Gasteiger partial charge in [0, 0.05) is 24.8 Å². The van der Waals surface area contributed by atoms with Crippen molar-refractivity contribution in [2.75, 3.05) is 6.61 Å². The highest BCUT2D eigenvalue weighted by Gasteiger charge is 2.13. The van der Waals surface area contributed by atoms with E-state index < -0.39 is 5.97 Å². The number of carboxylic acid groups (broad SMARTS) is 1. The number of furan rings is 1. The smallest absolute Gasteiger partial charge is 0.371 e. The van der Waals surface area contributed by atoms with Crippen LogP contribution in [-0.4, -0.2) is 28.8 Å². The number of aryl methyl sites for hydroxylation is 1. The summed E-state index contributed by atoms with van der Waals surface area (Å²) in [6, 6.07) is 1.78. The van der Waals surface area contributed by atoms with Gasteiger partial charge in [-0.3, -0.25) is 0 Å². The van der Waals surface area contributed by atoms with E-state index in [1.54, 1.807) is 6.92 Å². The molecule has 1 heterocycles. The van der Waals surface area contributed by atoms with Gasteiger partial charge in [0.2, 0.25) is 5.76 Å². The first-order chi connectivity index (χ1) is 8.08. The monoisotopic (exact) mass is 241 g/mol. The predicted molar refractivity (Wildman–Crippen MR) is 63.0 cm³/mol. The zero-order valence-electron chi connectivity index (χ0n) is 10.2. The first-order valence-electron chi connectivity index (χ1n) is 5.75. The van der Waals surface area contributed by atoms with Crippen LogP contribution in [0.5, 0.6) is 0 Å². The van der Waals surface area contributed by atoms with E-state index in [9.17, 15) is 4.79 Å². The van der Waals surface area contributed by atoms with E-state index in [1.165, 1.54) is 6.07 Å². The summed E-state index contributed by atoms with van der Waals surface area (Å²) in [5.74, 6) is -0.468. The van der Waals surface area contributed by atoms with Crippen molar-refractivity contribution < 1.29 is 19.4 Å². The van der Waals surface area contributed by atoms with Gasteiger partial charge in [-0.05, 0) is 25.8 Å². The number of rotatable bonds is 7. The lowest BCUT2D eigenvalue weighted by Gasteiger charge is -2.14. The van der Waals surface area contributed by atoms with E-state index >= 15 is 0 Å². The molecule has 0 fully saturated rings. The summed E-state index contributed by atoms with van der Waals surface area (Å²) in [6.07, 6.45) is 1.61. The van der Waals surface area contributed by atoms with Crippen molar-refractivity contribution in [3.63, 3.8) is 0 Å². The average molecular weight is 241 g/mol. The molecule has 0 amide bonds. The molecule has 0 radical (unpaired) electrons. The number of aliphatic hydroxyl groups excluding tert-OH is 1. The molecule has 1 aromatic rings. The predicted octanol–water partition coefficient (Wildman–Crippen LogP) is 1.54. The zero-order valence-corrected chi connectivity index (χ0v) is 10.2. The number of hydrogen-bond donors (Lipinski definition) is 3. The molecule has 0 aliphatic heterocycles. The molecule has 0 saturated carbocycles. The lowest BCUT2D eigenvalue weighted by molar-refractivity contribution is 0.0661. The Balaban J connectivity index is 2.59. The van der Waals surface area contributed by atoms with Crippen molar-refractivity contribution >= 4 is 5.97 Å². The van der Waals surface area contributed by atoms with E-state index in [4.69, 9.17) is 14.6 Å². The van der Waals surface area contributed by atoms with Gasteiger partial charge < -0.3 is 19.9 Å². The topological polar surface area (TPSA) is 82.7 Å². The minimum atomic E-state index is -1.05. The Morgan fingerprint density at radius 3 is 2.76 bits per heavy atom. The van der Waals surface area contributed by atoms with Crippen molar-refractivity contribution in [2.45, 2.75) is 39.3 Å². The van der Waals surface area contributed by atoms with Crippen LogP contribution in [0.3, 0.4) is 0 Å². The molecule has 0 bridgehead atoms. The summed E-state index contributed by atoms with van der Waals surface area (Å²) in [7, 11) is 0. The lowest BCUT2D eigenvalue weighted by Crippen LogP contribution is -2.28. The molecular formula is C12H19NO4. The SMILES string of the molecule is CCC(CCO)NCc1cc(C(=O)O)oc1C. The average Bonchev–Trinajstić information content (AvgIpc) is 2.66. The van der Waals surface area contributed by atoms with Crippen molar-refractivity contribution in [3.05, 3.63) is 23.2 Å². The fourth-order valence-corrected chi connectivity index (χ4v) is 1.66. The molecule has 1 rings (SSSR count). The van der Waals surface area contributed by atoms with Crippen LogP contribution in [0, 0.1) is 6.92 Å². The Kier molecular flexibility index (Phi) is 5.18. The first-order valence-corrected chi connectivity index (χ1v) is 5.75. The summed E-state index contributed by atoms with van der Waals surface area (Å²) in [5, 5.41) is 20.9. The Hall–Kier alpha value is -1.33. The molecule has 0 aromatic carbocycles. The van der Waals surface area contributed by atoms with Crippen LogP contribution >= 0.6 is 0 Å². The van der Waals surface area contributed by atoms with Crippen LogP contribution in [-0.2, 0) is 6.54 Å². The van der Waals surface area contributed by atoms with Crippen molar-refractivity contribution in [3.8, 4) is 0 Å². The van der Waals surface area contributed by atoms with Gasteiger partial charge in [0.05, 0.1) is 0 Å². The number of aliphatic hydroxyl groups is 1. The summed E-state index contributed by atoms with van der Waals surface area (Å²) >= 11 is 0. The molecule has 5 heteroatoms. The number of nitrogens with one attached hydrogen (secondary N) is 1. The minimum Gasteiger partial charge on any atom is -0.475 e. The van der Waals surface area contributed by atoms with Crippen LogP contribution in [0.25, 0.3) is 0 Å². The van der Waals surface area contributed by atoms with Crippen molar-refractivity contribution in [1.29, 1.82) is 0 Å². The molecule has 1 aromatic heterocycles. The molecule has 1 unspecified atom stereocenters. The highest BCUT2D eigenvalue weighted by Crippen LogP contribution is 2.15. The summed E-state index contributed by atoms with van der Waals surface area (Å²) in [6.45, 7) is 4.49. The second-order valence-corrected chi connectivity index (χ2v) is 4.00. The molecule has 17 heavy (non-hydrogen) atoms. The Bertz CT molecular complexity index is 373. The van der Waals surface area contributed by atoms with Gasteiger partial charge in [-0.25, -0.2) is 4.79 Å². The van der Waals surface area contributed by atoms with Gasteiger partial charge in [-0.15, -0.1) is 0 Å². The molecule has 96 valence electrons. The first kappa shape index (κ1) is 13.7. The van der Waals surface area contributed by atoms with Gasteiger partial charge in [0.1, 0.15) is 5.76 Å². The second kappa shape index (κ2) is 6.42. The van der Waals surface area contributed by atoms with Gasteiger partial charge >= 0.3 is 5.97 Å². The van der Waals surface area contributed by atoms with Crippen molar-refractivity contribution in [2.24, 2.45) is 0 Å². The summed E-state index contributed by atoms with van der Waals surface area (Å²) in [4.78, 5) is 10.7. The third-order valence-electron chi connectivity index (χ3n) is 2.78. The Morgan fingerprint density at radius 2 is 2.29 bits per heavy atom. The fraction of sp³-hybridized carbons (Fsp3) is 0.583. The molecule has 0 aliphatic rings. The van der Waals surface area contributed by atoms with Gasteiger partial charge in [-0.1, -0.05) is 6.92 Å². The molecule has 5 nitrogen and oxygen atoms in total. The quantitative estimate of drug-likeness (QED) is 0.674. The zero-order chi connectivity index (χ0) is 12.8. The molecule has 1 atom stereocenters. The van der Waals surface area contributed by atoms with Gasteiger partial charge in [0.25, 0.3) is 0 Å². The van der Waals surface area contributed by atoms with E-state index in [2.05, 4.69) is 5.32 Å². The van der Waals surface area contributed by atoms with Crippen LogP contribution in [0.1, 0.15) is 41.6 Å². The molecule has 0 aliphatic carbocycles. The third-order valence-corrected chi connectivity index (χ3v) is 2.78. The van der Waals surface area contributed by atoms with Gasteiger partial charge in [0.15, 0.2) is 0 Å². The highest BCUT2D eigenvalue weighted by molar-refractivity contribution is 5.84. The van der Waals surface area contributed by atoms with E-state index in [1.807, 2.05) is 6.92 Å². The molecule has 3 N–H and O–H groups in total. The van der Waals surface area contributed by atoms with E-state index in [0.717, 1.165) is 12.0 Å². The van der Waals surface area contributed by atoms with E-state index in [0.29, 0.717) is 18.7 Å². The van der Waals surface area contributed by atoms with Crippen LogP contribution < -0.4 is 5.32 Å². The molecular weight excluding hydrogens is 222 g/mol. The Labute approximate surface area is 100 Å². The van der Waals surface area contributed by atoms with Crippen LogP contribution in [0.15, 0.2) is 10.5 Å². The summed E-state index contributed by atoms with van der Waals surface area (Å²) < 4.78 is 5.11. The standard InChI is InChI=1S/C12H19NO4/c1-3-10(4-5-14)13-7-9-6-11(12(15)16)17-8(9)2/h6,10,13-14H,3-5,7H2,1-2H3,(H,15,16). The number of hydrogen-bond acceptors (Lipinski definition) is 4. The van der Waals surface area contributed by atoms with E-state index in [-0.39, 0.29) is 18.4 Å². The Morgan fingerprint density at radius 1 is 1.59 bits per heavy atom. The number of carboxylic acids is 1. The number of carbonyl (C=O) groups is 1. The van der Waals surface area contributed by atoms with Crippen LogP contribution in [0.4, 0.5) is 0 Å². The molecule has 0 spiro atoms. The largest absolute Gasteiger partial charge is 0.475 e. The third kappa shape index (κ3) is 3.87. The van der Waals surface area contributed by atoms with Crippen molar-refractivity contribution in [1.82, 2.24) is 5.32 Å². The maximum absolute atomic E-state index is 10.7. The lowest BCUT2D eigenvalue weighted by atomic mass is 10.1. The maximum Gasteiger partial charge on any atom is 0.371 e. The van der Waals surface area contributed by atoms with Crippen LogP contribution in [0.2, 0.25) is 0 Å². The number of aromatic carboxylic acids is 1. The normalized spacial score (nSPS) is 12.6. The maximum atomic E-state index is 10.7. The fourth-order valence-electron chi connectivity index (χ4n) is 1.66.